The van der Waals surface area contributed by atoms with E-state index in [9.17, 15) is 8.42 Å². The monoisotopic (exact) mass is 286 g/mol. The first-order valence-corrected chi connectivity index (χ1v) is 8.53. The van der Waals surface area contributed by atoms with E-state index in [2.05, 4.69) is 5.32 Å². The lowest BCUT2D eigenvalue weighted by molar-refractivity contribution is 0.445. The second-order valence-corrected chi connectivity index (χ2v) is 7.10. The largest absolute Gasteiger partial charge is 0.383 e. The molecule has 2 rings (SSSR count). The maximum Gasteiger partial charge on any atom is 0.243 e. The quantitative estimate of drug-likeness (QED) is 0.922. The fourth-order valence-corrected chi connectivity index (χ4v) is 4.35. The number of hydrogen-bond acceptors (Lipinski definition) is 4. The second kappa shape index (κ2) is 5.50. The SMILES string of the molecule is CCN(CC)S(=O)(=O)c1ccc2c(c1)NCCS2. The van der Waals surface area contributed by atoms with Crippen LogP contribution in [0.25, 0.3) is 0 Å². The molecule has 1 aromatic rings. The highest BCUT2D eigenvalue weighted by atomic mass is 32.2. The number of thioether (sulfide) groups is 1. The van der Waals surface area contributed by atoms with Crippen LogP contribution in [0.15, 0.2) is 28.0 Å². The fraction of sp³-hybridized carbons (Fsp3) is 0.500. The van der Waals surface area contributed by atoms with Crippen molar-refractivity contribution in [2.24, 2.45) is 0 Å². The topological polar surface area (TPSA) is 49.4 Å². The van der Waals surface area contributed by atoms with Crippen molar-refractivity contribution in [3.8, 4) is 0 Å². The summed E-state index contributed by atoms with van der Waals surface area (Å²) in [6, 6.07) is 5.34. The van der Waals surface area contributed by atoms with Crippen LogP contribution in [0, 0.1) is 0 Å². The average molecular weight is 286 g/mol. The summed E-state index contributed by atoms with van der Waals surface area (Å²) in [5.41, 5.74) is 0.930. The van der Waals surface area contributed by atoms with Crippen molar-refractivity contribution in [2.45, 2.75) is 23.6 Å². The minimum atomic E-state index is -3.35. The Bertz CT molecular complexity index is 525. The maximum atomic E-state index is 12.4. The van der Waals surface area contributed by atoms with Gasteiger partial charge in [0.15, 0.2) is 0 Å². The van der Waals surface area contributed by atoms with Gasteiger partial charge < -0.3 is 5.32 Å². The van der Waals surface area contributed by atoms with Crippen molar-refractivity contribution in [3.63, 3.8) is 0 Å². The second-order valence-electron chi connectivity index (χ2n) is 4.02. The number of sulfonamides is 1. The van der Waals surface area contributed by atoms with E-state index >= 15 is 0 Å². The zero-order chi connectivity index (χ0) is 13.2. The van der Waals surface area contributed by atoms with Crippen LogP contribution in [0.4, 0.5) is 5.69 Å². The first-order valence-electron chi connectivity index (χ1n) is 6.10. The summed E-state index contributed by atoms with van der Waals surface area (Å²) < 4.78 is 26.2. The molecular formula is C12H18N2O2S2. The van der Waals surface area contributed by atoms with Gasteiger partial charge in [-0.15, -0.1) is 11.8 Å². The molecule has 0 aliphatic carbocycles. The van der Waals surface area contributed by atoms with Crippen LogP contribution in [0.3, 0.4) is 0 Å². The summed E-state index contributed by atoms with van der Waals surface area (Å²) in [5.74, 6) is 1.02. The predicted molar refractivity (Wildman–Crippen MR) is 75.8 cm³/mol. The molecule has 0 saturated heterocycles. The first kappa shape index (κ1) is 13.7. The van der Waals surface area contributed by atoms with Crippen LogP contribution in [-0.4, -0.2) is 38.1 Å². The number of fused-ring (bicyclic) bond motifs is 1. The van der Waals surface area contributed by atoms with Gasteiger partial charge >= 0.3 is 0 Å². The Labute approximate surface area is 113 Å². The Morgan fingerprint density at radius 3 is 2.72 bits per heavy atom. The zero-order valence-electron chi connectivity index (χ0n) is 10.6. The van der Waals surface area contributed by atoms with Crippen molar-refractivity contribution < 1.29 is 8.42 Å². The van der Waals surface area contributed by atoms with Crippen molar-refractivity contribution >= 4 is 27.5 Å². The summed E-state index contributed by atoms with van der Waals surface area (Å²) in [6.45, 7) is 5.59. The molecule has 0 bridgehead atoms. The molecule has 0 atom stereocenters. The van der Waals surface area contributed by atoms with Gasteiger partial charge in [-0.05, 0) is 18.2 Å². The number of anilines is 1. The van der Waals surface area contributed by atoms with Crippen LogP contribution < -0.4 is 5.32 Å². The molecule has 1 aliphatic rings. The van der Waals surface area contributed by atoms with Crippen molar-refractivity contribution in [1.29, 1.82) is 0 Å². The number of nitrogens with zero attached hydrogens (tertiary/aromatic N) is 1. The van der Waals surface area contributed by atoms with Gasteiger partial charge in [-0.1, -0.05) is 13.8 Å². The van der Waals surface area contributed by atoms with Crippen molar-refractivity contribution in [3.05, 3.63) is 18.2 Å². The minimum Gasteiger partial charge on any atom is -0.383 e. The fourth-order valence-electron chi connectivity index (χ4n) is 1.99. The van der Waals surface area contributed by atoms with Crippen LogP contribution in [0.1, 0.15) is 13.8 Å². The number of hydrogen-bond donors (Lipinski definition) is 1. The molecule has 1 aliphatic heterocycles. The van der Waals surface area contributed by atoms with Gasteiger partial charge in [-0.2, -0.15) is 4.31 Å². The van der Waals surface area contributed by atoms with E-state index in [1.165, 1.54) is 4.31 Å². The average Bonchev–Trinajstić information content (AvgIpc) is 2.39. The molecule has 4 nitrogen and oxygen atoms in total. The van der Waals surface area contributed by atoms with Crippen LogP contribution >= 0.6 is 11.8 Å². The molecule has 0 aromatic heterocycles. The van der Waals surface area contributed by atoms with E-state index in [0.29, 0.717) is 18.0 Å². The van der Waals surface area contributed by atoms with E-state index in [1.807, 2.05) is 19.9 Å². The standard InChI is InChI=1S/C12H18N2O2S2/c1-3-14(4-2)18(15,16)10-5-6-12-11(9-10)13-7-8-17-12/h5-6,9,13H,3-4,7-8H2,1-2H3. The van der Waals surface area contributed by atoms with Gasteiger partial charge in [0.05, 0.1) is 4.90 Å². The molecule has 0 amide bonds. The Morgan fingerprint density at radius 1 is 1.33 bits per heavy atom. The Hall–Kier alpha value is -0.720. The zero-order valence-corrected chi connectivity index (χ0v) is 12.3. The highest BCUT2D eigenvalue weighted by Gasteiger charge is 2.23. The lowest BCUT2D eigenvalue weighted by Crippen LogP contribution is -2.30. The Kier molecular flexibility index (Phi) is 4.19. The Balaban J connectivity index is 2.39. The van der Waals surface area contributed by atoms with Crippen LogP contribution in [0.5, 0.6) is 0 Å². The van der Waals surface area contributed by atoms with Crippen molar-refractivity contribution in [2.75, 3.05) is 30.7 Å². The summed E-state index contributed by atoms with van der Waals surface area (Å²) in [5, 5.41) is 3.25. The third-order valence-corrected chi connectivity index (χ3v) is 6.09. The van der Waals surface area contributed by atoms with Gasteiger partial charge in [0.2, 0.25) is 10.0 Å². The normalized spacial score (nSPS) is 15.3. The maximum absolute atomic E-state index is 12.4. The lowest BCUT2D eigenvalue weighted by Gasteiger charge is -2.21. The van der Waals surface area contributed by atoms with E-state index in [0.717, 1.165) is 22.9 Å². The molecular weight excluding hydrogens is 268 g/mol. The molecule has 0 unspecified atom stereocenters. The third kappa shape index (κ3) is 2.50. The van der Waals surface area contributed by atoms with Gasteiger partial charge in [-0.25, -0.2) is 8.42 Å². The van der Waals surface area contributed by atoms with Crippen LogP contribution in [0.2, 0.25) is 0 Å². The molecule has 6 heteroatoms. The lowest BCUT2D eigenvalue weighted by atomic mass is 10.3. The molecule has 0 saturated carbocycles. The van der Waals surface area contributed by atoms with Gasteiger partial charge in [0.25, 0.3) is 0 Å². The van der Waals surface area contributed by atoms with E-state index in [1.54, 1.807) is 23.9 Å². The number of rotatable bonds is 4. The number of benzene rings is 1. The highest BCUT2D eigenvalue weighted by molar-refractivity contribution is 7.99. The smallest absolute Gasteiger partial charge is 0.243 e. The molecule has 100 valence electrons. The third-order valence-electron chi connectivity index (χ3n) is 2.97. The van der Waals surface area contributed by atoms with E-state index in [4.69, 9.17) is 0 Å². The van der Waals surface area contributed by atoms with Crippen molar-refractivity contribution in [1.82, 2.24) is 4.31 Å². The molecule has 1 heterocycles. The van der Waals surface area contributed by atoms with Gasteiger partial charge in [0, 0.05) is 36.0 Å². The summed E-state index contributed by atoms with van der Waals surface area (Å²) in [7, 11) is -3.35. The van der Waals surface area contributed by atoms with Gasteiger partial charge in [-0.3, -0.25) is 0 Å². The summed E-state index contributed by atoms with van der Waals surface area (Å²) >= 11 is 1.76. The van der Waals surface area contributed by atoms with Gasteiger partial charge in [0.1, 0.15) is 0 Å². The summed E-state index contributed by atoms with van der Waals surface area (Å²) in [4.78, 5) is 1.50. The molecule has 0 fully saturated rings. The first-order chi connectivity index (χ1) is 8.59. The van der Waals surface area contributed by atoms with E-state index < -0.39 is 10.0 Å². The minimum absolute atomic E-state index is 0.375. The highest BCUT2D eigenvalue weighted by Crippen LogP contribution is 2.33. The molecule has 1 aromatic carbocycles. The van der Waals surface area contributed by atoms with E-state index in [-0.39, 0.29) is 0 Å². The van der Waals surface area contributed by atoms with Crippen LogP contribution in [-0.2, 0) is 10.0 Å². The Morgan fingerprint density at radius 2 is 2.06 bits per heavy atom. The summed E-state index contributed by atoms with van der Waals surface area (Å²) in [6.07, 6.45) is 0. The molecule has 0 spiro atoms. The molecule has 1 N–H and O–H groups in total. The molecule has 0 radical (unpaired) electrons. The predicted octanol–water partition coefficient (Wildman–Crippen LogP) is 2.23. The number of nitrogens with one attached hydrogen (secondary N) is 1. The molecule has 18 heavy (non-hydrogen) atoms.